The van der Waals surface area contributed by atoms with Crippen LogP contribution >= 0.6 is 0 Å². The van der Waals surface area contributed by atoms with E-state index in [0.717, 1.165) is 0 Å². The Hall–Kier alpha value is -1.52. The molecular formula is C8H11NO4. The maximum Gasteiger partial charge on any atom is 0.339 e. The zero-order valence-corrected chi connectivity index (χ0v) is 7.53. The first-order valence-electron chi connectivity index (χ1n) is 3.92. The second-order valence-corrected chi connectivity index (χ2v) is 2.71. The highest BCUT2D eigenvalue weighted by Gasteiger charge is 2.32. The summed E-state index contributed by atoms with van der Waals surface area (Å²) in [7, 11) is 1.50. The van der Waals surface area contributed by atoms with Crippen molar-refractivity contribution >= 4 is 11.9 Å². The number of nitrogens with zero attached hydrogens (tertiary/aromatic N) is 1. The van der Waals surface area contributed by atoms with E-state index in [2.05, 4.69) is 4.74 Å². The number of hydrogen-bond donors (Lipinski definition) is 1. The standard InChI is InChI=1S/C8H11NO4/c1-3-13-8(12)5-4-9(2)7(11)6(5)10/h10H,3-4H2,1-2H3. The highest BCUT2D eigenvalue weighted by Crippen LogP contribution is 2.16. The van der Waals surface area contributed by atoms with Crippen molar-refractivity contribution < 1.29 is 19.4 Å². The molecule has 0 saturated heterocycles. The van der Waals surface area contributed by atoms with E-state index in [4.69, 9.17) is 0 Å². The molecule has 0 fully saturated rings. The summed E-state index contributed by atoms with van der Waals surface area (Å²) in [5.41, 5.74) is 0.0364. The van der Waals surface area contributed by atoms with Crippen LogP contribution in [0.4, 0.5) is 0 Å². The van der Waals surface area contributed by atoms with Gasteiger partial charge in [0.1, 0.15) is 5.57 Å². The normalized spacial score (nSPS) is 16.8. The second-order valence-electron chi connectivity index (χ2n) is 2.71. The van der Waals surface area contributed by atoms with E-state index in [1.807, 2.05) is 0 Å². The summed E-state index contributed by atoms with van der Waals surface area (Å²) in [6.07, 6.45) is 0. The predicted molar refractivity (Wildman–Crippen MR) is 43.9 cm³/mol. The third kappa shape index (κ3) is 1.63. The SMILES string of the molecule is CCOC(=O)C1=C(O)C(=O)N(C)C1. The number of rotatable bonds is 2. The van der Waals surface area contributed by atoms with Crippen molar-refractivity contribution in [3.63, 3.8) is 0 Å². The monoisotopic (exact) mass is 185 g/mol. The quantitative estimate of drug-likeness (QED) is 0.607. The third-order valence-corrected chi connectivity index (χ3v) is 1.75. The minimum absolute atomic E-state index is 0.0364. The fourth-order valence-corrected chi connectivity index (χ4v) is 1.07. The molecule has 0 aromatic carbocycles. The van der Waals surface area contributed by atoms with Gasteiger partial charge in [0, 0.05) is 7.05 Å². The molecule has 0 atom stereocenters. The lowest BCUT2D eigenvalue weighted by atomic mass is 10.2. The van der Waals surface area contributed by atoms with Crippen molar-refractivity contribution in [2.45, 2.75) is 6.92 Å². The van der Waals surface area contributed by atoms with Crippen molar-refractivity contribution in [1.82, 2.24) is 4.90 Å². The zero-order valence-electron chi connectivity index (χ0n) is 7.53. The van der Waals surface area contributed by atoms with E-state index < -0.39 is 17.6 Å². The van der Waals surface area contributed by atoms with Gasteiger partial charge in [0.15, 0.2) is 5.76 Å². The van der Waals surface area contributed by atoms with Gasteiger partial charge in [0.2, 0.25) is 0 Å². The number of aliphatic hydroxyl groups excluding tert-OH is 1. The van der Waals surface area contributed by atoms with E-state index in [1.165, 1.54) is 11.9 Å². The Morgan fingerprint density at radius 3 is 2.69 bits per heavy atom. The van der Waals surface area contributed by atoms with Crippen LogP contribution in [0.2, 0.25) is 0 Å². The molecule has 0 spiro atoms. The summed E-state index contributed by atoms with van der Waals surface area (Å²) in [4.78, 5) is 23.4. The highest BCUT2D eigenvalue weighted by molar-refractivity contribution is 6.04. The van der Waals surface area contributed by atoms with Crippen molar-refractivity contribution in [3.05, 3.63) is 11.3 Å². The third-order valence-electron chi connectivity index (χ3n) is 1.75. The molecule has 0 aliphatic carbocycles. The van der Waals surface area contributed by atoms with Gasteiger partial charge in [0.05, 0.1) is 13.2 Å². The molecule has 0 unspecified atom stereocenters. The van der Waals surface area contributed by atoms with E-state index in [9.17, 15) is 14.7 Å². The van der Waals surface area contributed by atoms with Crippen molar-refractivity contribution in [2.24, 2.45) is 0 Å². The highest BCUT2D eigenvalue weighted by atomic mass is 16.5. The number of carbonyl (C=O) groups excluding carboxylic acids is 2. The molecule has 1 N–H and O–H groups in total. The molecule has 0 saturated carbocycles. The van der Waals surface area contributed by atoms with Gasteiger partial charge >= 0.3 is 5.97 Å². The first-order chi connectivity index (χ1) is 6.07. The first-order valence-corrected chi connectivity index (χ1v) is 3.92. The number of carbonyl (C=O) groups is 2. The van der Waals surface area contributed by atoms with Crippen LogP contribution < -0.4 is 0 Å². The van der Waals surface area contributed by atoms with Crippen molar-refractivity contribution in [1.29, 1.82) is 0 Å². The van der Waals surface area contributed by atoms with Gasteiger partial charge < -0.3 is 14.7 Å². The molecule has 1 aliphatic rings. The van der Waals surface area contributed by atoms with Crippen LogP contribution in [0.25, 0.3) is 0 Å². The smallest absolute Gasteiger partial charge is 0.339 e. The topological polar surface area (TPSA) is 66.8 Å². The maximum absolute atomic E-state index is 11.1. The summed E-state index contributed by atoms with van der Waals surface area (Å²) >= 11 is 0. The summed E-state index contributed by atoms with van der Waals surface area (Å²) in [5, 5.41) is 9.21. The Morgan fingerprint density at radius 1 is 1.69 bits per heavy atom. The van der Waals surface area contributed by atoms with E-state index in [0.29, 0.717) is 0 Å². The predicted octanol–water partition coefficient (Wildman–Crippen LogP) is -0.166. The van der Waals surface area contributed by atoms with E-state index in [1.54, 1.807) is 6.92 Å². The second kappa shape index (κ2) is 3.47. The Bertz CT molecular complexity index is 282. The molecular weight excluding hydrogens is 174 g/mol. The molecule has 1 heterocycles. The van der Waals surface area contributed by atoms with Crippen LogP contribution in [0, 0.1) is 0 Å². The molecule has 5 nitrogen and oxygen atoms in total. The maximum atomic E-state index is 11.1. The minimum atomic E-state index is -0.627. The molecule has 0 radical (unpaired) electrons. The molecule has 5 heteroatoms. The number of likely N-dealkylation sites (N-methyl/N-ethyl adjacent to an activating group) is 1. The minimum Gasteiger partial charge on any atom is -0.503 e. The molecule has 72 valence electrons. The van der Waals surface area contributed by atoms with Gasteiger partial charge in [-0.25, -0.2) is 4.79 Å². The Labute approximate surface area is 75.6 Å². The summed E-state index contributed by atoms with van der Waals surface area (Å²) in [6.45, 7) is 2.01. The molecule has 1 rings (SSSR count). The number of amides is 1. The number of aliphatic hydroxyl groups is 1. The van der Waals surface area contributed by atoms with Gasteiger partial charge in [-0.15, -0.1) is 0 Å². The van der Waals surface area contributed by atoms with E-state index >= 15 is 0 Å². The van der Waals surface area contributed by atoms with Crippen LogP contribution in [-0.2, 0) is 14.3 Å². The van der Waals surface area contributed by atoms with Gasteiger partial charge in [0.25, 0.3) is 5.91 Å². The average Bonchev–Trinajstić information content (AvgIpc) is 2.33. The fraction of sp³-hybridized carbons (Fsp3) is 0.500. The molecule has 0 bridgehead atoms. The van der Waals surface area contributed by atoms with Crippen LogP contribution in [0.5, 0.6) is 0 Å². The van der Waals surface area contributed by atoms with Crippen molar-refractivity contribution in [3.8, 4) is 0 Å². The summed E-state index contributed by atoms with van der Waals surface area (Å²) in [6, 6.07) is 0. The van der Waals surface area contributed by atoms with Crippen LogP contribution in [0.1, 0.15) is 6.92 Å². The van der Waals surface area contributed by atoms with Crippen LogP contribution in [0.3, 0.4) is 0 Å². The summed E-state index contributed by atoms with van der Waals surface area (Å²) < 4.78 is 4.66. The summed E-state index contributed by atoms with van der Waals surface area (Å²) in [5.74, 6) is -1.67. The number of ether oxygens (including phenoxy) is 1. The fourth-order valence-electron chi connectivity index (χ4n) is 1.07. The molecule has 0 aromatic rings. The van der Waals surface area contributed by atoms with E-state index in [-0.39, 0.29) is 18.7 Å². The lowest BCUT2D eigenvalue weighted by molar-refractivity contribution is -0.138. The van der Waals surface area contributed by atoms with Crippen LogP contribution in [-0.4, -0.2) is 42.1 Å². The molecule has 13 heavy (non-hydrogen) atoms. The molecule has 0 aromatic heterocycles. The Morgan fingerprint density at radius 2 is 2.31 bits per heavy atom. The molecule has 1 amide bonds. The average molecular weight is 185 g/mol. The van der Waals surface area contributed by atoms with Crippen molar-refractivity contribution in [2.75, 3.05) is 20.2 Å². The first kappa shape index (κ1) is 9.57. The van der Waals surface area contributed by atoms with Crippen LogP contribution in [0.15, 0.2) is 11.3 Å². The molecule has 1 aliphatic heterocycles. The Kier molecular flexibility index (Phi) is 2.55. The number of esters is 1. The largest absolute Gasteiger partial charge is 0.503 e. The van der Waals surface area contributed by atoms with Gasteiger partial charge in [-0.05, 0) is 6.92 Å². The lowest BCUT2D eigenvalue weighted by Gasteiger charge is -2.06. The van der Waals surface area contributed by atoms with Gasteiger partial charge in [-0.3, -0.25) is 4.79 Å². The number of hydrogen-bond acceptors (Lipinski definition) is 4. The zero-order chi connectivity index (χ0) is 10.0. The van der Waals surface area contributed by atoms with Gasteiger partial charge in [-0.2, -0.15) is 0 Å². The van der Waals surface area contributed by atoms with Gasteiger partial charge in [-0.1, -0.05) is 0 Å². The lowest BCUT2D eigenvalue weighted by Crippen LogP contribution is -2.22. The Balaban J connectivity index is 2.81.